The van der Waals surface area contributed by atoms with Crippen LogP contribution in [0.3, 0.4) is 0 Å². The molecule has 0 aliphatic heterocycles. The van der Waals surface area contributed by atoms with Crippen LogP contribution in [0.1, 0.15) is 48.0 Å². The van der Waals surface area contributed by atoms with Crippen molar-refractivity contribution in [3.8, 4) is 0 Å². The minimum absolute atomic E-state index is 0.595. The topological polar surface area (TPSA) is 15.3 Å². The van der Waals surface area contributed by atoms with Gasteiger partial charge in [0.05, 0.1) is 0 Å². The molecule has 2 nitrogen and oxygen atoms in total. The molecule has 0 aliphatic rings. The van der Waals surface area contributed by atoms with Crippen LogP contribution in [-0.4, -0.2) is 36.6 Å². The van der Waals surface area contributed by atoms with Gasteiger partial charge in [-0.1, -0.05) is 34.6 Å². The Morgan fingerprint density at radius 1 is 1.00 bits per heavy atom. The summed E-state index contributed by atoms with van der Waals surface area (Å²) in [7, 11) is 0. The molecule has 0 spiro atoms. The van der Waals surface area contributed by atoms with Gasteiger partial charge < -0.3 is 10.2 Å². The summed E-state index contributed by atoms with van der Waals surface area (Å²) >= 11 is 0. The quantitative estimate of drug-likeness (QED) is 0.668. The molecular weight excluding hydrogens is 184 g/mol. The third-order valence-corrected chi connectivity index (χ3v) is 3.17. The molecule has 0 rings (SSSR count). The molecule has 0 aromatic heterocycles. The molecule has 2 unspecified atom stereocenters. The molecule has 0 heterocycles. The number of nitrogens with zero attached hydrogens (tertiary/aromatic N) is 1. The van der Waals surface area contributed by atoms with Gasteiger partial charge in [0.1, 0.15) is 0 Å². The highest BCUT2D eigenvalue weighted by Gasteiger charge is 2.14. The smallest absolute Gasteiger partial charge is 0.0169 e. The van der Waals surface area contributed by atoms with Gasteiger partial charge in [-0.15, -0.1) is 0 Å². The van der Waals surface area contributed by atoms with Crippen LogP contribution in [0.25, 0.3) is 0 Å². The molecule has 2 heteroatoms. The summed E-state index contributed by atoms with van der Waals surface area (Å²) in [4.78, 5) is 2.48. The fraction of sp³-hybridized carbons (Fsp3) is 1.00. The summed E-state index contributed by atoms with van der Waals surface area (Å²) in [5.74, 6) is 0.731. The van der Waals surface area contributed by atoms with E-state index in [1.807, 2.05) is 0 Å². The maximum Gasteiger partial charge on any atom is 0.0169 e. The molecule has 92 valence electrons. The number of rotatable bonds is 8. The third kappa shape index (κ3) is 6.16. The van der Waals surface area contributed by atoms with Gasteiger partial charge in [0, 0.05) is 18.6 Å². The van der Waals surface area contributed by atoms with Crippen molar-refractivity contribution in [3.05, 3.63) is 0 Å². The second-order valence-corrected chi connectivity index (χ2v) is 4.81. The summed E-state index contributed by atoms with van der Waals surface area (Å²) in [5, 5.41) is 3.72. The van der Waals surface area contributed by atoms with Crippen LogP contribution < -0.4 is 5.32 Å². The average molecular weight is 214 g/mol. The van der Waals surface area contributed by atoms with Gasteiger partial charge in [-0.3, -0.25) is 0 Å². The number of hydrogen-bond acceptors (Lipinski definition) is 2. The van der Waals surface area contributed by atoms with E-state index in [0.29, 0.717) is 12.1 Å². The normalized spacial score (nSPS) is 16.0. The number of nitrogens with one attached hydrogen (secondary N) is 1. The molecule has 0 bridgehead atoms. The summed E-state index contributed by atoms with van der Waals surface area (Å²) < 4.78 is 0. The van der Waals surface area contributed by atoms with Crippen molar-refractivity contribution in [3.63, 3.8) is 0 Å². The Labute approximate surface area is 96.4 Å². The first-order chi connectivity index (χ1) is 7.04. The second-order valence-electron chi connectivity index (χ2n) is 4.81. The molecule has 0 saturated heterocycles. The zero-order chi connectivity index (χ0) is 11.8. The van der Waals surface area contributed by atoms with Crippen molar-refractivity contribution in [1.29, 1.82) is 0 Å². The van der Waals surface area contributed by atoms with Crippen LogP contribution in [0.5, 0.6) is 0 Å². The van der Waals surface area contributed by atoms with Crippen LogP contribution in [0.2, 0.25) is 0 Å². The van der Waals surface area contributed by atoms with Crippen molar-refractivity contribution in [1.82, 2.24) is 10.2 Å². The van der Waals surface area contributed by atoms with E-state index in [1.54, 1.807) is 0 Å². The van der Waals surface area contributed by atoms with E-state index in [2.05, 4.69) is 51.8 Å². The molecule has 2 atom stereocenters. The molecule has 0 aliphatic carbocycles. The van der Waals surface area contributed by atoms with Gasteiger partial charge in [0.15, 0.2) is 0 Å². The van der Waals surface area contributed by atoms with E-state index in [-0.39, 0.29) is 0 Å². The van der Waals surface area contributed by atoms with Crippen LogP contribution in [0.4, 0.5) is 0 Å². The zero-order valence-electron chi connectivity index (χ0n) is 11.5. The van der Waals surface area contributed by atoms with Gasteiger partial charge in [0.2, 0.25) is 0 Å². The summed E-state index contributed by atoms with van der Waals surface area (Å²) in [6.45, 7) is 17.1. The largest absolute Gasteiger partial charge is 0.310 e. The first-order valence-electron chi connectivity index (χ1n) is 6.53. The number of likely N-dealkylation sites (N-methyl/N-ethyl adjacent to an activating group) is 1. The lowest BCUT2D eigenvalue weighted by molar-refractivity contribution is 0.247. The molecule has 0 aromatic rings. The summed E-state index contributed by atoms with van der Waals surface area (Å²) in [6, 6.07) is 1.26. The van der Waals surface area contributed by atoms with Crippen molar-refractivity contribution in [2.75, 3.05) is 19.6 Å². The minimum Gasteiger partial charge on any atom is -0.310 e. The Morgan fingerprint density at radius 2 is 1.53 bits per heavy atom. The van der Waals surface area contributed by atoms with Crippen LogP contribution in [-0.2, 0) is 0 Å². The van der Waals surface area contributed by atoms with Crippen LogP contribution in [0.15, 0.2) is 0 Å². The highest BCUT2D eigenvalue weighted by atomic mass is 15.1. The average Bonchev–Trinajstić information content (AvgIpc) is 2.22. The van der Waals surface area contributed by atoms with Gasteiger partial charge in [-0.05, 0) is 32.4 Å². The molecule has 1 N–H and O–H groups in total. The lowest BCUT2D eigenvalue weighted by Crippen LogP contribution is -2.45. The fourth-order valence-corrected chi connectivity index (χ4v) is 2.07. The van der Waals surface area contributed by atoms with Crippen LogP contribution >= 0.6 is 0 Å². The molecular formula is C13H30N2. The van der Waals surface area contributed by atoms with Gasteiger partial charge in [-0.2, -0.15) is 0 Å². The molecule has 0 aromatic carbocycles. The van der Waals surface area contributed by atoms with Crippen molar-refractivity contribution >= 4 is 0 Å². The van der Waals surface area contributed by atoms with Gasteiger partial charge >= 0.3 is 0 Å². The first kappa shape index (κ1) is 14.9. The van der Waals surface area contributed by atoms with Gasteiger partial charge in [0.25, 0.3) is 0 Å². The van der Waals surface area contributed by atoms with Crippen molar-refractivity contribution in [2.45, 2.75) is 60.0 Å². The lowest BCUT2D eigenvalue weighted by Gasteiger charge is -2.29. The maximum absolute atomic E-state index is 3.72. The molecule has 0 radical (unpaired) electrons. The third-order valence-electron chi connectivity index (χ3n) is 3.17. The van der Waals surface area contributed by atoms with E-state index in [0.717, 1.165) is 25.6 Å². The Balaban J connectivity index is 3.94. The lowest BCUT2D eigenvalue weighted by atomic mass is 10.0. The second kappa shape index (κ2) is 8.12. The summed E-state index contributed by atoms with van der Waals surface area (Å²) in [6.07, 6.45) is 1.22. The maximum atomic E-state index is 3.72. The van der Waals surface area contributed by atoms with E-state index in [4.69, 9.17) is 0 Å². The minimum atomic E-state index is 0.595. The van der Waals surface area contributed by atoms with Crippen molar-refractivity contribution < 1.29 is 0 Å². The van der Waals surface area contributed by atoms with Crippen LogP contribution in [0, 0.1) is 5.92 Å². The SMILES string of the molecule is CCC(NC(C)CN(CC)CC)C(C)C. The van der Waals surface area contributed by atoms with Gasteiger partial charge in [-0.25, -0.2) is 0 Å². The summed E-state index contributed by atoms with van der Waals surface area (Å²) in [5.41, 5.74) is 0. The van der Waals surface area contributed by atoms with E-state index in [9.17, 15) is 0 Å². The Morgan fingerprint density at radius 3 is 1.87 bits per heavy atom. The zero-order valence-corrected chi connectivity index (χ0v) is 11.5. The van der Waals surface area contributed by atoms with E-state index < -0.39 is 0 Å². The highest BCUT2D eigenvalue weighted by molar-refractivity contribution is 4.75. The first-order valence-corrected chi connectivity index (χ1v) is 6.53. The molecule has 0 saturated carbocycles. The highest BCUT2D eigenvalue weighted by Crippen LogP contribution is 2.06. The van der Waals surface area contributed by atoms with E-state index >= 15 is 0 Å². The molecule has 0 fully saturated rings. The van der Waals surface area contributed by atoms with E-state index in [1.165, 1.54) is 6.42 Å². The molecule has 15 heavy (non-hydrogen) atoms. The van der Waals surface area contributed by atoms with Crippen molar-refractivity contribution in [2.24, 2.45) is 5.92 Å². The molecule has 0 amide bonds. The predicted molar refractivity (Wildman–Crippen MR) is 69.3 cm³/mol. The Hall–Kier alpha value is -0.0800. The fourth-order valence-electron chi connectivity index (χ4n) is 2.07. The Bertz CT molecular complexity index is 141. The Kier molecular flexibility index (Phi) is 8.07. The predicted octanol–water partition coefficient (Wildman–Crippen LogP) is 2.74. The number of hydrogen-bond donors (Lipinski definition) is 1. The standard InChI is InChI=1S/C13H30N2/c1-7-13(11(4)5)14-12(6)10-15(8-2)9-3/h11-14H,7-10H2,1-6H3. The monoisotopic (exact) mass is 214 g/mol.